The average Bonchev–Trinajstić information content (AvgIpc) is 2.79. The number of benzene rings is 3. The molecule has 32 heavy (non-hydrogen) atoms. The molecular weight excluding hydrogens is 437 g/mol. The van der Waals surface area contributed by atoms with Crippen LogP contribution in [0.2, 0.25) is 0 Å². The van der Waals surface area contributed by atoms with E-state index >= 15 is 0 Å². The summed E-state index contributed by atoms with van der Waals surface area (Å²) in [5.41, 5.74) is 4.96. The highest BCUT2D eigenvalue weighted by Gasteiger charge is 2.17. The highest BCUT2D eigenvalue weighted by molar-refractivity contribution is 7.92. The lowest BCUT2D eigenvalue weighted by Gasteiger charge is -2.15. The Balaban J connectivity index is 1.53. The number of halogens is 1. The predicted molar refractivity (Wildman–Crippen MR) is 116 cm³/mol. The Bertz CT molecular complexity index is 1180. The molecule has 8 nitrogen and oxygen atoms in total. The van der Waals surface area contributed by atoms with Crippen LogP contribution in [0.4, 0.5) is 10.1 Å². The van der Waals surface area contributed by atoms with E-state index in [9.17, 15) is 22.4 Å². The van der Waals surface area contributed by atoms with Crippen LogP contribution in [0, 0.1) is 5.82 Å². The van der Waals surface area contributed by atoms with Crippen LogP contribution < -0.4 is 20.3 Å². The topological polar surface area (TPSA) is 114 Å². The molecule has 0 aromatic heterocycles. The summed E-state index contributed by atoms with van der Waals surface area (Å²) in [5.74, 6) is -1.35. The van der Waals surface area contributed by atoms with Crippen LogP contribution in [-0.4, -0.2) is 26.3 Å². The summed E-state index contributed by atoms with van der Waals surface area (Å²) in [7, 11) is -3.75. The van der Waals surface area contributed by atoms with Crippen molar-refractivity contribution in [1.29, 1.82) is 0 Å². The number of carbonyl (C=O) groups excluding carboxylic acids is 2. The van der Waals surface area contributed by atoms with Gasteiger partial charge in [-0.2, -0.15) is 0 Å². The van der Waals surface area contributed by atoms with E-state index < -0.39 is 33.8 Å². The Morgan fingerprint density at radius 1 is 0.875 bits per heavy atom. The molecule has 0 spiro atoms. The first-order chi connectivity index (χ1) is 15.2. The third kappa shape index (κ3) is 6.05. The standard InChI is InChI=1S/C22H20FN3O5S/c1-15(31-19-13-9-17(23)10-14-19)21(27)24-25-22(28)16-7-11-18(12-8-16)26-32(29,30)20-5-3-2-4-6-20/h2-15,26H,1H3,(H,24,27)(H,25,28). The van der Waals surface area contributed by atoms with Gasteiger partial charge in [0.05, 0.1) is 4.90 Å². The van der Waals surface area contributed by atoms with Crippen molar-refractivity contribution in [3.05, 3.63) is 90.2 Å². The monoisotopic (exact) mass is 457 g/mol. The lowest BCUT2D eigenvalue weighted by Crippen LogP contribution is -2.47. The van der Waals surface area contributed by atoms with Gasteiger partial charge < -0.3 is 4.74 Å². The molecule has 10 heteroatoms. The Kier molecular flexibility index (Phi) is 7.06. The van der Waals surface area contributed by atoms with E-state index in [0.29, 0.717) is 5.75 Å². The molecule has 3 aromatic rings. The van der Waals surface area contributed by atoms with Crippen LogP contribution in [0.1, 0.15) is 17.3 Å². The molecule has 0 radical (unpaired) electrons. The number of rotatable bonds is 7. The largest absolute Gasteiger partial charge is 0.481 e. The molecule has 3 N–H and O–H groups in total. The zero-order chi connectivity index (χ0) is 23.1. The number of nitrogens with one attached hydrogen (secondary N) is 3. The molecule has 0 saturated carbocycles. The van der Waals surface area contributed by atoms with Gasteiger partial charge in [0, 0.05) is 11.3 Å². The Hall–Kier alpha value is -3.92. The van der Waals surface area contributed by atoms with Crippen molar-refractivity contribution in [2.75, 3.05) is 4.72 Å². The second kappa shape index (κ2) is 9.92. The number of hydrogen-bond acceptors (Lipinski definition) is 5. The molecule has 0 heterocycles. The lowest BCUT2D eigenvalue weighted by molar-refractivity contribution is -0.128. The molecule has 2 amide bonds. The molecule has 1 atom stereocenters. The fourth-order valence-electron chi connectivity index (χ4n) is 2.57. The van der Waals surface area contributed by atoms with E-state index in [1.807, 2.05) is 0 Å². The second-order valence-corrected chi connectivity index (χ2v) is 8.34. The van der Waals surface area contributed by atoms with Crippen molar-refractivity contribution in [2.45, 2.75) is 17.9 Å². The van der Waals surface area contributed by atoms with Crippen molar-refractivity contribution in [1.82, 2.24) is 10.9 Å². The van der Waals surface area contributed by atoms with Gasteiger partial charge in [0.15, 0.2) is 6.10 Å². The molecule has 1 unspecified atom stereocenters. The summed E-state index contributed by atoms with van der Waals surface area (Å²) < 4.78 is 45.4. The molecule has 0 aliphatic heterocycles. The first-order valence-corrected chi connectivity index (χ1v) is 10.9. The van der Waals surface area contributed by atoms with E-state index in [-0.39, 0.29) is 16.1 Å². The third-order valence-corrected chi connectivity index (χ3v) is 5.64. The van der Waals surface area contributed by atoms with Gasteiger partial charge in [-0.1, -0.05) is 18.2 Å². The highest BCUT2D eigenvalue weighted by atomic mass is 32.2. The van der Waals surface area contributed by atoms with Gasteiger partial charge in [-0.15, -0.1) is 0 Å². The summed E-state index contributed by atoms with van der Waals surface area (Å²) in [6.07, 6.45) is -0.949. The number of carbonyl (C=O) groups is 2. The van der Waals surface area contributed by atoms with Gasteiger partial charge in [0.2, 0.25) is 0 Å². The molecule has 3 aromatic carbocycles. The summed E-state index contributed by atoms with van der Waals surface area (Å²) in [6, 6.07) is 18.7. The number of amides is 2. The molecule has 0 aliphatic carbocycles. The van der Waals surface area contributed by atoms with Gasteiger partial charge in [0.1, 0.15) is 11.6 Å². The first kappa shape index (κ1) is 22.8. The van der Waals surface area contributed by atoms with Gasteiger partial charge >= 0.3 is 0 Å². The number of anilines is 1. The zero-order valence-electron chi connectivity index (χ0n) is 16.9. The zero-order valence-corrected chi connectivity index (χ0v) is 17.7. The fourth-order valence-corrected chi connectivity index (χ4v) is 3.65. The van der Waals surface area contributed by atoms with Crippen LogP contribution in [0.15, 0.2) is 83.8 Å². The summed E-state index contributed by atoms with van der Waals surface area (Å²) in [4.78, 5) is 24.4. The molecule has 0 aliphatic rings. The van der Waals surface area contributed by atoms with Crippen LogP contribution >= 0.6 is 0 Å². The van der Waals surface area contributed by atoms with Crippen molar-refractivity contribution in [2.24, 2.45) is 0 Å². The minimum atomic E-state index is -3.75. The Morgan fingerprint density at radius 3 is 2.12 bits per heavy atom. The molecule has 3 rings (SSSR count). The Morgan fingerprint density at radius 2 is 1.50 bits per heavy atom. The fraction of sp³-hybridized carbons (Fsp3) is 0.0909. The van der Waals surface area contributed by atoms with Gasteiger partial charge in [-0.3, -0.25) is 25.2 Å². The number of hydrazine groups is 1. The first-order valence-electron chi connectivity index (χ1n) is 9.45. The van der Waals surface area contributed by atoms with Gasteiger partial charge in [-0.05, 0) is 67.6 Å². The summed E-state index contributed by atoms with van der Waals surface area (Å²) in [5, 5.41) is 0. The number of ether oxygens (including phenoxy) is 1. The van der Waals surface area contributed by atoms with E-state index in [2.05, 4.69) is 15.6 Å². The van der Waals surface area contributed by atoms with Crippen molar-refractivity contribution >= 4 is 27.5 Å². The van der Waals surface area contributed by atoms with E-state index in [4.69, 9.17) is 4.74 Å². The molecular formula is C22H20FN3O5S. The third-order valence-electron chi connectivity index (χ3n) is 4.25. The van der Waals surface area contributed by atoms with E-state index in [1.54, 1.807) is 18.2 Å². The predicted octanol–water partition coefficient (Wildman–Crippen LogP) is 2.86. The normalized spacial score (nSPS) is 11.8. The maximum atomic E-state index is 12.9. The number of sulfonamides is 1. The van der Waals surface area contributed by atoms with Gasteiger partial charge in [-0.25, -0.2) is 12.8 Å². The van der Waals surface area contributed by atoms with E-state index in [0.717, 1.165) is 0 Å². The summed E-state index contributed by atoms with van der Waals surface area (Å²) in [6.45, 7) is 1.47. The van der Waals surface area contributed by atoms with Crippen LogP contribution in [-0.2, 0) is 14.8 Å². The quantitative estimate of drug-likeness (QED) is 0.472. The van der Waals surface area contributed by atoms with Crippen molar-refractivity contribution < 1.29 is 27.1 Å². The smallest absolute Gasteiger partial charge is 0.279 e. The summed E-state index contributed by atoms with van der Waals surface area (Å²) >= 11 is 0. The minimum absolute atomic E-state index is 0.113. The van der Waals surface area contributed by atoms with E-state index in [1.165, 1.54) is 67.6 Å². The molecule has 166 valence electrons. The number of hydrogen-bond donors (Lipinski definition) is 3. The van der Waals surface area contributed by atoms with Crippen molar-refractivity contribution in [3.8, 4) is 5.75 Å². The minimum Gasteiger partial charge on any atom is -0.481 e. The lowest BCUT2D eigenvalue weighted by atomic mass is 10.2. The van der Waals surface area contributed by atoms with Crippen LogP contribution in [0.25, 0.3) is 0 Å². The SMILES string of the molecule is CC(Oc1ccc(F)cc1)C(=O)NNC(=O)c1ccc(NS(=O)(=O)c2ccccc2)cc1. The average molecular weight is 457 g/mol. The highest BCUT2D eigenvalue weighted by Crippen LogP contribution is 2.16. The van der Waals surface area contributed by atoms with Crippen LogP contribution in [0.3, 0.4) is 0 Å². The maximum Gasteiger partial charge on any atom is 0.279 e. The maximum absolute atomic E-state index is 12.9. The molecule has 0 saturated heterocycles. The van der Waals surface area contributed by atoms with Crippen LogP contribution in [0.5, 0.6) is 5.75 Å². The van der Waals surface area contributed by atoms with Gasteiger partial charge in [0.25, 0.3) is 21.8 Å². The van der Waals surface area contributed by atoms with Crippen molar-refractivity contribution in [3.63, 3.8) is 0 Å². The second-order valence-electron chi connectivity index (χ2n) is 6.65. The Labute approximate surface area is 184 Å². The molecule has 0 bridgehead atoms. The molecule has 0 fully saturated rings.